The number of nitrogens with two attached hydrogens (primary N) is 1. The van der Waals surface area contributed by atoms with Crippen molar-refractivity contribution in [1.29, 1.82) is 0 Å². The zero-order chi connectivity index (χ0) is 17.7. The normalized spacial score (nSPS) is 15.3. The van der Waals surface area contributed by atoms with E-state index in [1.165, 1.54) is 16.9 Å². The van der Waals surface area contributed by atoms with Crippen LogP contribution < -0.4 is 16.6 Å². The Balaban J connectivity index is 0.00000180. The molecule has 1 fully saturated rings. The molecule has 5 rings (SSSR count). The minimum absolute atomic E-state index is 0. The second-order valence-electron chi connectivity index (χ2n) is 6.79. The van der Waals surface area contributed by atoms with Gasteiger partial charge in [0.2, 0.25) is 0 Å². The van der Waals surface area contributed by atoms with E-state index in [9.17, 15) is 4.79 Å². The van der Waals surface area contributed by atoms with Crippen LogP contribution in [0.1, 0.15) is 24.3 Å². The fourth-order valence-corrected chi connectivity index (χ4v) is 4.63. The lowest BCUT2D eigenvalue weighted by molar-refractivity contribution is 0.460. The van der Waals surface area contributed by atoms with E-state index in [1.54, 1.807) is 0 Å². The molecule has 1 aliphatic heterocycles. The van der Waals surface area contributed by atoms with Crippen molar-refractivity contribution in [2.24, 2.45) is 0 Å². The van der Waals surface area contributed by atoms with E-state index in [4.69, 9.17) is 5.73 Å². The molecule has 0 amide bonds. The van der Waals surface area contributed by atoms with Crippen LogP contribution >= 0.6 is 23.7 Å². The van der Waals surface area contributed by atoms with Crippen molar-refractivity contribution in [2.75, 3.05) is 18.8 Å². The fourth-order valence-electron chi connectivity index (χ4n) is 3.83. The zero-order valence-electron chi connectivity index (χ0n) is 14.5. The molecule has 6 nitrogen and oxygen atoms in total. The molecule has 140 valence electrons. The van der Waals surface area contributed by atoms with Crippen molar-refractivity contribution in [1.82, 2.24) is 20.3 Å². The highest BCUT2D eigenvalue weighted by Gasteiger charge is 2.19. The highest BCUT2D eigenvalue weighted by molar-refractivity contribution is 7.16. The van der Waals surface area contributed by atoms with Gasteiger partial charge in [-0.1, -0.05) is 6.07 Å². The van der Waals surface area contributed by atoms with Gasteiger partial charge in [-0.2, -0.15) is 0 Å². The van der Waals surface area contributed by atoms with Gasteiger partial charge < -0.3 is 21.0 Å². The Kier molecular flexibility index (Phi) is 4.67. The number of fused-ring (bicyclic) bond motifs is 2. The zero-order valence-corrected chi connectivity index (χ0v) is 16.2. The first-order chi connectivity index (χ1) is 12.7. The molecule has 0 bridgehead atoms. The first-order valence-corrected chi connectivity index (χ1v) is 9.68. The minimum Gasteiger partial charge on any atom is -0.397 e. The van der Waals surface area contributed by atoms with Gasteiger partial charge in [-0.3, -0.25) is 4.79 Å². The number of piperidine rings is 1. The van der Waals surface area contributed by atoms with Crippen LogP contribution in [0.2, 0.25) is 0 Å². The standard InChI is InChI=1S/C19H19N5OS.ClH/c20-16-12-5-8-26-19(12)24-18(25)15(16)17-22-13-2-1-11(9-14(13)23-17)10-3-6-21-7-4-10;/h1-2,5,8-10,21H,3-4,6-7H2,(H,22,23)(H3,20,24,25);1H. The topological polar surface area (TPSA) is 99.6 Å². The lowest BCUT2D eigenvalue weighted by atomic mass is 9.90. The van der Waals surface area contributed by atoms with Crippen molar-refractivity contribution < 1.29 is 0 Å². The van der Waals surface area contributed by atoms with E-state index < -0.39 is 0 Å². The van der Waals surface area contributed by atoms with Crippen molar-refractivity contribution >= 4 is 50.7 Å². The Morgan fingerprint density at radius 3 is 2.78 bits per heavy atom. The predicted molar refractivity (Wildman–Crippen MR) is 114 cm³/mol. The van der Waals surface area contributed by atoms with Gasteiger partial charge in [0.25, 0.3) is 5.56 Å². The molecule has 5 N–H and O–H groups in total. The van der Waals surface area contributed by atoms with E-state index in [0.717, 1.165) is 47.2 Å². The number of nitrogens with one attached hydrogen (secondary N) is 3. The van der Waals surface area contributed by atoms with Crippen LogP contribution in [0.25, 0.3) is 32.6 Å². The molecule has 0 atom stereocenters. The largest absolute Gasteiger partial charge is 0.397 e. The molecule has 8 heteroatoms. The molecule has 0 radical (unpaired) electrons. The number of aromatic amines is 2. The van der Waals surface area contributed by atoms with Gasteiger partial charge >= 0.3 is 0 Å². The van der Waals surface area contributed by atoms with Gasteiger partial charge in [0.15, 0.2) is 0 Å². The van der Waals surface area contributed by atoms with Gasteiger partial charge in [0, 0.05) is 5.39 Å². The van der Waals surface area contributed by atoms with Crippen molar-refractivity contribution in [2.45, 2.75) is 18.8 Å². The molecule has 0 unspecified atom stereocenters. The summed E-state index contributed by atoms with van der Waals surface area (Å²) in [7, 11) is 0. The average molecular weight is 402 g/mol. The third-order valence-corrected chi connectivity index (χ3v) is 6.06. The van der Waals surface area contributed by atoms with Crippen LogP contribution in [0.5, 0.6) is 0 Å². The number of hydrogen-bond donors (Lipinski definition) is 4. The number of H-pyrrole nitrogens is 2. The first kappa shape index (κ1) is 18.0. The lowest BCUT2D eigenvalue weighted by Crippen LogP contribution is -2.26. The lowest BCUT2D eigenvalue weighted by Gasteiger charge is -2.22. The number of nitrogen functional groups attached to an aromatic ring is 1. The van der Waals surface area contributed by atoms with E-state index in [-0.39, 0.29) is 18.0 Å². The van der Waals surface area contributed by atoms with Crippen LogP contribution in [0.4, 0.5) is 5.69 Å². The minimum atomic E-state index is -0.213. The highest BCUT2D eigenvalue weighted by atomic mass is 35.5. The smallest absolute Gasteiger partial charge is 0.262 e. The molecule has 1 saturated heterocycles. The third-order valence-electron chi connectivity index (χ3n) is 5.23. The number of thiophene rings is 1. The molecule has 4 aromatic rings. The summed E-state index contributed by atoms with van der Waals surface area (Å²) in [5.41, 5.74) is 10.1. The van der Waals surface area contributed by atoms with Crippen molar-refractivity contribution in [3.8, 4) is 11.4 Å². The van der Waals surface area contributed by atoms with Crippen LogP contribution in [-0.4, -0.2) is 28.0 Å². The van der Waals surface area contributed by atoms with Gasteiger partial charge in [-0.25, -0.2) is 4.98 Å². The predicted octanol–water partition coefficient (Wildman–Crippen LogP) is 3.60. The van der Waals surface area contributed by atoms with Crippen LogP contribution in [0.15, 0.2) is 34.4 Å². The summed E-state index contributed by atoms with van der Waals surface area (Å²) in [4.78, 5) is 24.2. The second kappa shape index (κ2) is 6.99. The Hall–Kier alpha value is -2.35. The maximum atomic E-state index is 12.5. The number of aromatic nitrogens is 3. The van der Waals surface area contributed by atoms with Gasteiger partial charge in [0.1, 0.15) is 16.2 Å². The van der Waals surface area contributed by atoms with Gasteiger partial charge in [-0.15, -0.1) is 23.7 Å². The van der Waals surface area contributed by atoms with Gasteiger partial charge in [-0.05, 0) is 61.0 Å². The SMILES string of the molecule is Cl.Nc1c(-c2nc3ccc(C4CCNCC4)cc3[nH]2)c(=O)[nH]c2sccc12. The summed E-state index contributed by atoms with van der Waals surface area (Å²) in [6.45, 7) is 2.12. The maximum Gasteiger partial charge on any atom is 0.262 e. The Bertz CT molecular complexity index is 1170. The van der Waals surface area contributed by atoms with E-state index in [2.05, 4.69) is 32.4 Å². The summed E-state index contributed by atoms with van der Waals surface area (Å²) in [5, 5.41) is 6.18. The third kappa shape index (κ3) is 3.01. The Labute approximate surface area is 165 Å². The van der Waals surface area contributed by atoms with E-state index in [1.807, 2.05) is 17.5 Å². The molecule has 0 aliphatic carbocycles. The van der Waals surface area contributed by atoms with E-state index >= 15 is 0 Å². The summed E-state index contributed by atoms with van der Waals surface area (Å²) >= 11 is 1.47. The van der Waals surface area contributed by atoms with Crippen molar-refractivity contribution in [3.05, 3.63) is 45.6 Å². The number of benzene rings is 1. The quantitative estimate of drug-likeness (QED) is 0.412. The van der Waals surface area contributed by atoms with Gasteiger partial charge in [0.05, 0.1) is 16.7 Å². The van der Waals surface area contributed by atoms with Crippen LogP contribution in [0.3, 0.4) is 0 Å². The molecule has 3 aromatic heterocycles. The van der Waals surface area contributed by atoms with E-state index in [0.29, 0.717) is 23.0 Å². The first-order valence-electron chi connectivity index (χ1n) is 8.80. The maximum absolute atomic E-state index is 12.5. The number of hydrogen-bond acceptors (Lipinski definition) is 5. The van der Waals surface area contributed by atoms with Crippen LogP contribution in [-0.2, 0) is 0 Å². The average Bonchev–Trinajstić information content (AvgIpc) is 3.28. The molecule has 1 aromatic carbocycles. The molecular formula is C19H20ClN5OS. The molecular weight excluding hydrogens is 382 g/mol. The molecule has 27 heavy (non-hydrogen) atoms. The summed E-state index contributed by atoms with van der Waals surface area (Å²) in [6, 6.07) is 8.26. The summed E-state index contributed by atoms with van der Waals surface area (Å²) in [6.07, 6.45) is 2.29. The molecule has 4 heterocycles. The molecule has 0 saturated carbocycles. The van der Waals surface area contributed by atoms with Crippen molar-refractivity contribution in [3.63, 3.8) is 0 Å². The van der Waals surface area contributed by atoms with Crippen LogP contribution in [0, 0.1) is 0 Å². The number of rotatable bonds is 2. The second-order valence-corrected chi connectivity index (χ2v) is 7.71. The number of nitrogens with zero attached hydrogens (tertiary/aromatic N) is 1. The molecule has 1 aliphatic rings. The Morgan fingerprint density at radius 1 is 1.15 bits per heavy atom. The number of halogens is 1. The fraction of sp³-hybridized carbons (Fsp3) is 0.263. The highest BCUT2D eigenvalue weighted by Crippen LogP contribution is 2.32. The number of anilines is 1. The number of pyridine rings is 1. The molecule has 0 spiro atoms. The Morgan fingerprint density at radius 2 is 1.96 bits per heavy atom. The number of imidazole rings is 1. The monoisotopic (exact) mass is 401 g/mol. The summed E-state index contributed by atoms with van der Waals surface area (Å²) < 4.78 is 0. The summed E-state index contributed by atoms with van der Waals surface area (Å²) in [5.74, 6) is 1.09.